The maximum absolute atomic E-state index is 11.3. The van der Waals surface area contributed by atoms with Crippen LogP contribution in [-0.4, -0.2) is 27.4 Å². The molecule has 0 aliphatic heterocycles. The van der Waals surface area contributed by atoms with Crippen molar-refractivity contribution >= 4 is 24.8 Å². The van der Waals surface area contributed by atoms with E-state index >= 15 is 0 Å². The molecule has 0 radical (unpaired) electrons. The number of hydrogen-bond acceptors (Lipinski definition) is 5. The van der Waals surface area contributed by atoms with E-state index in [4.69, 9.17) is 0 Å². The van der Waals surface area contributed by atoms with Crippen molar-refractivity contribution in [1.29, 1.82) is 0 Å². The second-order valence-electron chi connectivity index (χ2n) is 6.31. The van der Waals surface area contributed by atoms with E-state index in [2.05, 4.69) is 23.2 Å². The van der Waals surface area contributed by atoms with Crippen LogP contribution in [0.5, 0.6) is 0 Å². The first kappa shape index (κ1) is 18.9. The third-order valence-electron chi connectivity index (χ3n) is 3.77. The predicted octanol–water partition coefficient (Wildman–Crippen LogP) is 3.59. The summed E-state index contributed by atoms with van der Waals surface area (Å²) in [6, 6.07) is 0.0717. The standard InChI is InChI=1S/C16H28N3O2S/c1-6-8-14(16(4,5)11-20)17-15(12(3)7-2)18-19(21,22)13-9-10-13/h6,8,11,13,18,21-22H,7,9-10H2,1-5H3/q+1/b8-6-,15-12-,17-14+. The number of allylic oxidation sites excluding steroid dienone is 3. The molecule has 1 atom stereocenters. The number of nitrogens with zero attached hydrogens (tertiary/aromatic N) is 2. The van der Waals surface area contributed by atoms with Crippen molar-refractivity contribution in [2.75, 3.05) is 0 Å². The molecule has 0 amide bonds. The monoisotopic (exact) mass is 326 g/mol. The maximum Gasteiger partial charge on any atom is 0.177 e. The molecule has 1 aliphatic carbocycles. The first-order valence-corrected chi connectivity index (χ1v) is 8.08. The zero-order valence-electron chi connectivity index (χ0n) is 14.1. The van der Waals surface area contributed by atoms with Crippen LogP contribution in [0.2, 0.25) is 0 Å². The minimum Gasteiger partial charge on any atom is -0.302 e. The number of thiol groups is 1. The van der Waals surface area contributed by atoms with Crippen LogP contribution in [0.15, 0.2) is 28.5 Å². The van der Waals surface area contributed by atoms with Crippen molar-refractivity contribution in [3.05, 3.63) is 23.5 Å². The molecule has 0 aromatic carbocycles. The van der Waals surface area contributed by atoms with Gasteiger partial charge in [0.25, 0.3) is 0 Å². The summed E-state index contributed by atoms with van der Waals surface area (Å²) in [6.07, 6.45) is 7.20. The number of nitrogens with one attached hydrogen (secondary N) is 1. The molecule has 0 aromatic heterocycles. The Labute approximate surface area is 138 Å². The maximum atomic E-state index is 11.3. The van der Waals surface area contributed by atoms with Gasteiger partial charge in [0.1, 0.15) is 19.1 Å². The van der Waals surface area contributed by atoms with Crippen molar-refractivity contribution in [3.63, 3.8) is 0 Å². The summed E-state index contributed by atoms with van der Waals surface area (Å²) in [6.45, 7) is 9.50. The normalized spacial score (nSPS) is 20.6. The van der Waals surface area contributed by atoms with Crippen LogP contribution < -0.4 is 5.43 Å². The third kappa shape index (κ3) is 4.97. The molecular weight excluding hydrogens is 298 g/mol. The van der Waals surface area contributed by atoms with Crippen molar-refractivity contribution < 1.29 is 14.2 Å². The van der Waals surface area contributed by atoms with Gasteiger partial charge in [-0.3, -0.25) is 0 Å². The van der Waals surface area contributed by atoms with Crippen LogP contribution in [0.25, 0.3) is 0 Å². The van der Waals surface area contributed by atoms with E-state index in [0.717, 1.165) is 31.1 Å². The Hall–Kier alpha value is -1.11. The summed E-state index contributed by atoms with van der Waals surface area (Å²) in [4.78, 5) is 16.0. The van der Waals surface area contributed by atoms with Gasteiger partial charge in [-0.15, -0.1) is 0 Å². The molecule has 1 fully saturated rings. The molecule has 2 N–H and O–H groups in total. The lowest BCUT2D eigenvalue weighted by Gasteiger charge is -2.25. The van der Waals surface area contributed by atoms with Crippen LogP contribution in [0, 0.1) is 5.41 Å². The molecule has 1 aliphatic rings. The average Bonchev–Trinajstić information content (AvgIpc) is 3.29. The number of aldehydes is 1. The van der Waals surface area contributed by atoms with Gasteiger partial charge in [0.2, 0.25) is 0 Å². The van der Waals surface area contributed by atoms with Crippen LogP contribution in [0.4, 0.5) is 0 Å². The topological polar surface area (TPSA) is 61.7 Å². The zero-order valence-corrected chi connectivity index (χ0v) is 15.0. The van der Waals surface area contributed by atoms with E-state index in [1.165, 1.54) is 0 Å². The number of hydrogen-bond donors (Lipinski definition) is 3. The highest BCUT2D eigenvalue weighted by Crippen LogP contribution is 2.33. The third-order valence-corrected chi connectivity index (χ3v) is 4.20. The van der Waals surface area contributed by atoms with E-state index in [1.54, 1.807) is 0 Å². The first-order valence-electron chi connectivity index (χ1n) is 7.68. The van der Waals surface area contributed by atoms with Crippen molar-refractivity contribution in [2.45, 2.75) is 59.9 Å². The second-order valence-corrected chi connectivity index (χ2v) is 6.92. The summed E-state index contributed by atoms with van der Waals surface area (Å²) in [5.41, 5.74) is 3.93. The molecule has 1 unspecified atom stereocenters. The van der Waals surface area contributed by atoms with Crippen molar-refractivity contribution in [1.82, 2.24) is 5.43 Å². The number of carbonyl (C=O) groups excluding carboxylic acids is 1. The van der Waals surface area contributed by atoms with Gasteiger partial charge in [-0.2, -0.15) is 10.6 Å². The lowest BCUT2D eigenvalue weighted by atomic mass is 9.89. The van der Waals surface area contributed by atoms with Crippen LogP contribution in [0.3, 0.4) is 0 Å². The van der Waals surface area contributed by atoms with Gasteiger partial charge in [0.05, 0.1) is 11.1 Å². The molecule has 0 heterocycles. The average molecular weight is 326 g/mol. The van der Waals surface area contributed by atoms with Crippen molar-refractivity contribution in [2.24, 2.45) is 10.4 Å². The van der Waals surface area contributed by atoms with Gasteiger partial charge in [0, 0.05) is 12.8 Å². The molecule has 1 rings (SSSR count). The van der Waals surface area contributed by atoms with Gasteiger partial charge in [-0.05, 0) is 49.9 Å². The number of hydroxylamine groups is 1. The Bertz CT molecular complexity index is 504. The Morgan fingerprint density at radius 1 is 1.50 bits per heavy atom. The summed E-state index contributed by atoms with van der Waals surface area (Å²) >= 11 is 4.28. The first-order chi connectivity index (χ1) is 10.2. The molecule has 124 valence electrons. The molecule has 6 heteroatoms. The van der Waals surface area contributed by atoms with Crippen LogP contribution in [0.1, 0.15) is 53.9 Å². The van der Waals surface area contributed by atoms with Gasteiger partial charge in [-0.25, -0.2) is 4.99 Å². The number of rotatable bonds is 8. The minimum atomic E-state index is -0.700. The van der Waals surface area contributed by atoms with E-state index < -0.39 is 9.58 Å². The molecule has 1 saturated carbocycles. The quantitative estimate of drug-likeness (QED) is 0.210. The Morgan fingerprint density at radius 2 is 2.09 bits per heavy atom. The molecule has 0 bridgehead atoms. The summed E-state index contributed by atoms with van der Waals surface area (Å²) < 4.78 is -0.569. The van der Waals surface area contributed by atoms with Gasteiger partial charge in [0.15, 0.2) is 11.9 Å². The minimum absolute atomic E-state index is 0.0717. The highest BCUT2D eigenvalue weighted by Gasteiger charge is 2.44. The number of aliphatic imine (C=N–C) groups is 1. The van der Waals surface area contributed by atoms with Gasteiger partial charge < -0.3 is 4.79 Å². The van der Waals surface area contributed by atoms with E-state index in [1.807, 2.05) is 46.8 Å². The largest absolute Gasteiger partial charge is 0.302 e. The molecule has 0 saturated heterocycles. The molecule has 0 aromatic rings. The van der Waals surface area contributed by atoms with Crippen molar-refractivity contribution in [3.8, 4) is 0 Å². The lowest BCUT2D eigenvalue weighted by molar-refractivity contribution is -1.03. The SMILES string of the molecule is C\C=C/C(=N\C(N[N+](O)(S)C1CC1)=C(/C)CC)C(C)(C)C=O. The predicted molar refractivity (Wildman–Crippen MR) is 92.3 cm³/mol. The second kappa shape index (κ2) is 7.44. The molecular formula is C16H28N3O2S+. The lowest BCUT2D eigenvalue weighted by Crippen LogP contribution is -2.49. The highest BCUT2D eigenvalue weighted by atomic mass is 32.1. The van der Waals surface area contributed by atoms with E-state index in [0.29, 0.717) is 11.5 Å². The van der Waals surface area contributed by atoms with E-state index in [9.17, 15) is 10.0 Å². The van der Waals surface area contributed by atoms with Crippen LogP contribution >= 0.6 is 12.8 Å². The fraction of sp³-hybridized carbons (Fsp3) is 0.625. The number of quaternary nitrogens is 1. The van der Waals surface area contributed by atoms with Gasteiger partial charge >= 0.3 is 0 Å². The zero-order chi connectivity index (χ0) is 17.0. The Balaban J connectivity index is 3.21. The molecule has 5 nitrogen and oxygen atoms in total. The van der Waals surface area contributed by atoms with E-state index in [-0.39, 0.29) is 6.04 Å². The smallest absolute Gasteiger partial charge is 0.177 e. The summed E-state index contributed by atoms with van der Waals surface area (Å²) in [7, 11) is 0. The molecule has 0 spiro atoms. The summed E-state index contributed by atoms with van der Waals surface area (Å²) in [5, 5.41) is 10.4. The highest BCUT2D eigenvalue weighted by molar-refractivity contribution is 7.74. The Kier molecular flexibility index (Phi) is 6.40. The van der Waals surface area contributed by atoms with Gasteiger partial charge in [-0.1, -0.05) is 13.0 Å². The summed E-state index contributed by atoms with van der Waals surface area (Å²) in [5.74, 6) is 0.565. The number of carbonyl (C=O) groups is 1. The fourth-order valence-electron chi connectivity index (χ4n) is 1.80. The fourth-order valence-corrected chi connectivity index (χ4v) is 2.13. The molecule has 22 heavy (non-hydrogen) atoms. The van der Waals surface area contributed by atoms with Crippen LogP contribution in [-0.2, 0) is 4.79 Å². The Morgan fingerprint density at radius 3 is 2.50 bits per heavy atom.